The quantitative estimate of drug-likeness (QED) is 0.770. The maximum atomic E-state index is 14.2. The fourth-order valence-electron chi connectivity index (χ4n) is 3.06. The molecule has 3 aromatic rings. The van der Waals surface area contributed by atoms with Crippen LogP contribution in [0.15, 0.2) is 48.7 Å². The molecule has 0 saturated carbocycles. The molecule has 1 atom stereocenters. The van der Waals surface area contributed by atoms with Gasteiger partial charge in [0.05, 0.1) is 11.9 Å². The van der Waals surface area contributed by atoms with Gasteiger partial charge in [0.25, 0.3) is 0 Å². The van der Waals surface area contributed by atoms with E-state index in [1.807, 2.05) is 0 Å². The monoisotopic (exact) mass is 343 g/mol. The number of nitrogens with zero attached hydrogens (tertiary/aromatic N) is 2. The maximum Gasteiger partial charge on any atom is 0.226 e. The molecule has 1 aliphatic rings. The third kappa shape index (κ3) is 2.57. The van der Waals surface area contributed by atoms with Gasteiger partial charge in [-0.1, -0.05) is 12.1 Å². The van der Waals surface area contributed by atoms with Gasteiger partial charge in [0, 0.05) is 17.9 Å². The minimum absolute atomic E-state index is 0.0114. The normalized spacial score (nSPS) is 16.4. The molecule has 25 heavy (non-hydrogen) atoms. The zero-order chi connectivity index (χ0) is 17.6. The largest absolute Gasteiger partial charge is 0.310 e. The van der Waals surface area contributed by atoms with Gasteiger partial charge in [-0.15, -0.1) is 0 Å². The van der Waals surface area contributed by atoms with Gasteiger partial charge in [0.1, 0.15) is 11.6 Å². The van der Waals surface area contributed by atoms with Crippen molar-refractivity contribution in [1.29, 1.82) is 0 Å². The summed E-state index contributed by atoms with van der Waals surface area (Å²) in [5.41, 5.74) is 1.23. The van der Waals surface area contributed by atoms with Gasteiger partial charge in [-0.3, -0.25) is 4.79 Å². The Morgan fingerprint density at radius 3 is 2.56 bits per heavy atom. The Morgan fingerprint density at radius 1 is 1.04 bits per heavy atom. The smallest absolute Gasteiger partial charge is 0.226 e. The summed E-state index contributed by atoms with van der Waals surface area (Å²) < 4.78 is 42.3. The highest BCUT2D eigenvalue weighted by Crippen LogP contribution is 2.39. The van der Waals surface area contributed by atoms with Crippen LogP contribution in [0.25, 0.3) is 5.69 Å². The van der Waals surface area contributed by atoms with Crippen LogP contribution < -0.4 is 5.32 Å². The predicted octanol–water partition coefficient (Wildman–Crippen LogP) is 3.76. The van der Waals surface area contributed by atoms with Crippen molar-refractivity contribution in [3.05, 3.63) is 77.2 Å². The third-order valence-corrected chi connectivity index (χ3v) is 4.25. The van der Waals surface area contributed by atoms with E-state index in [1.54, 1.807) is 0 Å². The summed E-state index contributed by atoms with van der Waals surface area (Å²) in [5, 5.41) is 6.93. The fourth-order valence-corrected chi connectivity index (χ4v) is 3.06. The fraction of sp³-hybridized carbons (Fsp3) is 0.111. The third-order valence-electron chi connectivity index (χ3n) is 4.25. The van der Waals surface area contributed by atoms with Crippen LogP contribution in [0.2, 0.25) is 0 Å². The van der Waals surface area contributed by atoms with E-state index in [-0.39, 0.29) is 17.9 Å². The van der Waals surface area contributed by atoms with Crippen molar-refractivity contribution < 1.29 is 18.0 Å². The number of hydrogen-bond acceptors (Lipinski definition) is 2. The first-order chi connectivity index (χ1) is 12.0. The van der Waals surface area contributed by atoms with Crippen molar-refractivity contribution in [3.63, 3.8) is 0 Å². The Kier molecular flexibility index (Phi) is 3.56. The SMILES string of the molecule is O=C1C[C@@H](c2cccc(F)c2F)c2cnn(-c3ccc(F)cc3)c2N1. The second-order valence-corrected chi connectivity index (χ2v) is 5.78. The number of nitrogens with one attached hydrogen (secondary N) is 1. The minimum Gasteiger partial charge on any atom is -0.310 e. The summed E-state index contributed by atoms with van der Waals surface area (Å²) in [6, 6.07) is 9.48. The number of aromatic nitrogens is 2. The number of amides is 1. The van der Waals surface area contributed by atoms with Crippen molar-refractivity contribution in [2.75, 3.05) is 5.32 Å². The molecule has 1 aliphatic heterocycles. The van der Waals surface area contributed by atoms with Crippen molar-refractivity contribution in [2.45, 2.75) is 12.3 Å². The molecular weight excluding hydrogens is 331 g/mol. The number of hydrogen-bond donors (Lipinski definition) is 1. The molecule has 0 radical (unpaired) electrons. The lowest BCUT2D eigenvalue weighted by molar-refractivity contribution is -0.116. The molecule has 126 valence electrons. The van der Waals surface area contributed by atoms with Crippen LogP contribution in [0, 0.1) is 17.5 Å². The Bertz CT molecular complexity index is 966. The molecule has 4 rings (SSSR count). The molecular formula is C18H12F3N3O. The first-order valence-electron chi connectivity index (χ1n) is 7.62. The van der Waals surface area contributed by atoms with E-state index in [9.17, 15) is 18.0 Å². The lowest BCUT2D eigenvalue weighted by Gasteiger charge is -2.24. The molecule has 2 aromatic carbocycles. The first kappa shape index (κ1) is 15.4. The van der Waals surface area contributed by atoms with Crippen LogP contribution in [0.4, 0.5) is 19.0 Å². The summed E-state index contributed by atoms with van der Waals surface area (Å²) in [5.74, 6) is -2.93. The van der Waals surface area contributed by atoms with E-state index < -0.39 is 23.4 Å². The van der Waals surface area contributed by atoms with Crippen molar-refractivity contribution in [3.8, 4) is 5.69 Å². The number of carbonyl (C=O) groups is 1. The summed E-state index contributed by atoms with van der Waals surface area (Å²) in [6.45, 7) is 0. The predicted molar refractivity (Wildman–Crippen MR) is 85.0 cm³/mol. The number of anilines is 1. The van der Waals surface area contributed by atoms with Crippen LogP contribution >= 0.6 is 0 Å². The van der Waals surface area contributed by atoms with Crippen LogP contribution in [0.5, 0.6) is 0 Å². The molecule has 7 heteroatoms. The zero-order valence-electron chi connectivity index (χ0n) is 12.8. The Morgan fingerprint density at radius 2 is 1.80 bits per heavy atom. The van der Waals surface area contributed by atoms with Crippen LogP contribution in [-0.4, -0.2) is 15.7 Å². The Balaban J connectivity index is 1.84. The summed E-state index contributed by atoms with van der Waals surface area (Å²) >= 11 is 0. The van der Waals surface area contributed by atoms with Gasteiger partial charge < -0.3 is 5.32 Å². The lowest BCUT2D eigenvalue weighted by Crippen LogP contribution is -2.25. The number of carbonyl (C=O) groups excluding carboxylic acids is 1. The van der Waals surface area contributed by atoms with Crippen LogP contribution in [0.3, 0.4) is 0 Å². The van der Waals surface area contributed by atoms with E-state index in [2.05, 4.69) is 10.4 Å². The van der Waals surface area contributed by atoms with Gasteiger partial charge >= 0.3 is 0 Å². The molecule has 0 saturated heterocycles. The van der Waals surface area contributed by atoms with Crippen molar-refractivity contribution >= 4 is 11.7 Å². The van der Waals surface area contributed by atoms with E-state index >= 15 is 0 Å². The molecule has 1 N–H and O–H groups in total. The molecule has 0 spiro atoms. The van der Waals surface area contributed by atoms with Gasteiger partial charge in [-0.05, 0) is 35.9 Å². The molecule has 0 aliphatic carbocycles. The standard InChI is InChI=1S/C18H12F3N3O/c19-10-4-6-11(7-5-10)24-18-14(9-22-24)13(8-16(25)23-18)12-2-1-3-15(20)17(12)21/h1-7,9,13H,8H2,(H,23,25)/t13-/m0/s1. The summed E-state index contributed by atoms with van der Waals surface area (Å²) in [6.07, 6.45) is 1.50. The van der Waals surface area contributed by atoms with Gasteiger partial charge in [0.2, 0.25) is 5.91 Å². The van der Waals surface area contributed by atoms with Gasteiger partial charge in [-0.25, -0.2) is 17.9 Å². The van der Waals surface area contributed by atoms with Crippen molar-refractivity contribution in [2.24, 2.45) is 0 Å². The van der Waals surface area contributed by atoms with Gasteiger partial charge in [0.15, 0.2) is 11.6 Å². The average Bonchev–Trinajstić information content (AvgIpc) is 3.01. The molecule has 2 heterocycles. The summed E-state index contributed by atoms with van der Waals surface area (Å²) in [7, 11) is 0. The number of rotatable bonds is 2. The topological polar surface area (TPSA) is 46.9 Å². The maximum absolute atomic E-state index is 14.2. The molecule has 0 bridgehead atoms. The Hall–Kier alpha value is -3.09. The number of fused-ring (bicyclic) bond motifs is 1. The van der Waals surface area contributed by atoms with E-state index in [1.165, 1.54) is 47.3 Å². The molecule has 0 unspecified atom stereocenters. The van der Waals surface area contributed by atoms with Crippen LogP contribution in [-0.2, 0) is 4.79 Å². The lowest BCUT2D eigenvalue weighted by atomic mass is 9.87. The van der Waals surface area contributed by atoms with Crippen molar-refractivity contribution in [1.82, 2.24) is 9.78 Å². The highest BCUT2D eigenvalue weighted by Gasteiger charge is 2.32. The molecule has 0 fully saturated rings. The van der Waals surface area contributed by atoms with E-state index in [0.29, 0.717) is 17.1 Å². The van der Waals surface area contributed by atoms with E-state index in [4.69, 9.17) is 0 Å². The highest BCUT2D eigenvalue weighted by molar-refractivity contribution is 5.94. The molecule has 1 amide bonds. The van der Waals surface area contributed by atoms with Gasteiger partial charge in [-0.2, -0.15) is 5.10 Å². The summed E-state index contributed by atoms with van der Waals surface area (Å²) in [4.78, 5) is 12.1. The van der Waals surface area contributed by atoms with Crippen LogP contribution in [0.1, 0.15) is 23.5 Å². The molecule has 4 nitrogen and oxygen atoms in total. The number of halogens is 3. The average molecular weight is 343 g/mol. The first-order valence-corrected chi connectivity index (χ1v) is 7.62. The Labute approximate surface area is 140 Å². The molecule has 1 aromatic heterocycles. The van der Waals surface area contributed by atoms with E-state index in [0.717, 1.165) is 6.07 Å². The second kappa shape index (κ2) is 5.77. The zero-order valence-corrected chi connectivity index (χ0v) is 12.8. The number of benzene rings is 2. The second-order valence-electron chi connectivity index (χ2n) is 5.78. The minimum atomic E-state index is -0.970. The highest BCUT2D eigenvalue weighted by atomic mass is 19.2.